The van der Waals surface area contributed by atoms with Crippen molar-refractivity contribution in [1.82, 2.24) is 24.6 Å². The van der Waals surface area contributed by atoms with Crippen molar-refractivity contribution in [1.29, 1.82) is 0 Å². The Morgan fingerprint density at radius 2 is 1.89 bits per heavy atom. The normalized spacial score (nSPS) is 26.4. The predicted octanol–water partition coefficient (Wildman–Crippen LogP) is 1.05. The van der Waals surface area contributed by atoms with Crippen LogP contribution in [0.5, 0.6) is 0 Å². The molecule has 1 aliphatic carbocycles. The number of hydrogen-bond donors (Lipinski definition) is 1. The fourth-order valence-corrected chi connectivity index (χ4v) is 5.33. The summed E-state index contributed by atoms with van der Waals surface area (Å²) in [7, 11) is 1.90. The molecule has 3 heterocycles. The summed E-state index contributed by atoms with van der Waals surface area (Å²) < 4.78 is 7.44. The Balaban J connectivity index is 1.54. The van der Waals surface area contributed by atoms with Gasteiger partial charge >= 0.3 is 0 Å². The molecule has 3 fully saturated rings. The standard InChI is InChI=1S/C20H33N5O3/c1-23-17(15-26)21-22-18(23)16-6-5-9-24(14-16)19(27)20(7-3-2-4-8-20)25-10-12-28-13-11-25/h16,26H,2-15H2,1H3. The molecule has 2 saturated heterocycles. The summed E-state index contributed by atoms with van der Waals surface area (Å²) in [6.07, 6.45) is 7.40. The zero-order chi connectivity index (χ0) is 19.6. The van der Waals surface area contributed by atoms with Crippen molar-refractivity contribution in [3.05, 3.63) is 11.6 Å². The van der Waals surface area contributed by atoms with Crippen molar-refractivity contribution in [2.45, 2.75) is 63.0 Å². The van der Waals surface area contributed by atoms with E-state index in [1.807, 2.05) is 11.6 Å². The molecule has 1 unspecified atom stereocenters. The van der Waals surface area contributed by atoms with Gasteiger partial charge in [-0.15, -0.1) is 10.2 Å². The smallest absolute Gasteiger partial charge is 0.243 e. The summed E-state index contributed by atoms with van der Waals surface area (Å²) >= 11 is 0. The van der Waals surface area contributed by atoms with E-state index in [4.69, 9.17) is 4.74 Å². The SMILES string of the molecule is Cn1c(CO)nnc1C1CCCN(C(=O)C2(N3CCOCC3)CCCCC2)C1. The number of rotatable bonds is 4. The molecule has 0 aromatic carbocycles. The van der Waals surface area contributed by atoms with Crippen molar-refractivity contribution >= 4 is 5.91 Å². The molecule has 4 rings (SSSR count). The lowest BCUT2D eigenvalue weighted by molar-refractivity contribution is -0.152. The second-order valence-electron chi connectivity index (χ2n) is 8.47. The summed E-state index contributed by atoms with van der Waals surface area (Å²) in [5.41, 5.74) is -0.347. The Kier molecular flexibility index (Phi) is 5.99. The highest BCUT2D eigenvalue weighted by Gasteiger charge is 2.47. The number of hydrogen-bond acceptors (Lipinski definition) is 6. The first-order valence-electron chi connectivity index (χ1n) is 10.8. The van der Waals surface area contributed by atoms with Gasteiger partial charge in [-0.25, -0.2) is 0 Å². The topological polar surface area (TPSA) is 83.7 Å². The Morgan fingerprint density at radius 1 is 1.14 bits per heavy atom. The minimum atomic E-state index is -0.347. The van der Waals surface area contributed by atoms with Gasteiger partial charge in [0.15, 0.2) is 5.82 Å². The van der Waals surface area contributed by atoms with Crippen molar-refractivity contribution < 1.29 is 14.6 Å². The van der Waals surface area contributed by atoms with Gasteiger partial charge in [0, 0.05) is 39.1 Å². The van der Waals surface area contributed by atoms with Gasteiger partial charge in [0.2, 0.25) is 5.91 Å². The molecule has 28 heavy (non-hydrogen) atoms. The van der Waals surface area contributed by atoms with Crippen LogP contribution in [-0.2, 0) is 23.2 Å². The Hall–Kier alpha value is -1.51. The lowest BCUT2D eigenvalue weighted by atomic mass is 9.78. The number of carbonyl (C=O) groups is 1. The molecule has 0 bridgehead atoms. The summed E-state index contributed by atoms with van der Waals surface area (Å²) in [5.74, 6) is 1.95. The van der Waals surface area contributed by atoms with Crippen LogP contribution >= 0.6 is 0 Å². The van der Waals surface area contributed by atoms with Gasteiger partial charge in [0.1, 0.15) is 18.0 Å². The molecule has 156 valence electrons. The summed E-state index contributed by atoms with van der Waals surface area (Å²) in [5, 5.41) is 17.8. The number of likely N-dealkylation sites (tertiary alicyclic amines) is 1. The highest BCUT2D eigenvalue weighted by molar-refractivity contribution is 5.86. The van der Waals surface area contributed by atoms with Crippen LogP contribution in [0, 0.1) is 0 Å². The van der Waals surface area contributed by atoms with E-state index in [1.165, 1.54) is 6.42 Å². The third-order valence-corrected chi connectivity index (χ3v) is 6.91. The van der Waals surface area contributed by atoms with E-state index < -0.39 is 0 Å². The first-order valence-corrected chi connectivity index (χ1v) is 10.8. The Labute approximate surface area is 166 Å². The Morgan fingerprint density at radius 3 is 2.57 bits per heavy atom. The molecular weight excluding hydrogens is 358 g/mol. The monoisotopic (exact) mass is 391 g/mol. The lowest BCUT2D eigenvalue weighted by Gasteiger charge is -2.49. The molecule has 8 heteroatoms. The molecule has 1 saturated carbocycles. The molecule has 1 aromatic rings. The number of aliphatic hydroxyl groups excluding tert-OH is 1. The minimum absolute atomic E-state index is 0.112. The number of piperidine rings is 1. The average molecular weight is 392 g/mol. The van der Waals surface area contributed by atoms with Gasteiger partial charge in [-0.05, 0) is 25.7 Å². The number of amides is 1. The van der Waals surface area contributed by atoms with Gasteiger partial charge in [-0.3, -0.25) is 9.69 Å². The van der Waals surface area contributed by atoms with Gasteiger partial charge in [-0.1, -0.05) is 19.3 Å². The largest absolute Gasteiger partial charge is 0.388 e. The maximum atomic E-state index is 13.9. The van der Waals surface area contributed by atoms with Gasteiger partial charge in [-0.2, -0.15) is 0 Å². The maximum Gasteiger partial charge on any atom is 0.243 e. The van der Waals surface area contributed by atoms with Crippen LogP contribution in [-0.4, -0.2) is 80.5 Å². The van der Waals surface area contributed by atoms with Crippen molar-refractivity contribution in [3.63, 3.8) is 0 Å². The van der Waals surface area contributed by atoms with Gasteiger partial charge in [0.05, 0.1) is 13.2 Å². The molecule has 8 nitrogen and oxygen atoms in total. The number of aromatic nitrogens is 3. The highest BCUT2D eigenvalue weighted by atomic mass is 16.5. The van der Waals surface area contributed by atoms with E-state index in [0.717, 1.165) is 77.2 Å². The van der Waals surface area contributed by atoms with Gasteiger partial charge < -0.3 is 19.3 Å². The number of aliphatic hydroxyl groups is 1. The number of nitrogens with zero attached hydrogens (tertiary/aromatic N) is 5. The minimum Gasteiger partial charge on any atom is -0.388 e. The summed E-state index contributed by atoms with van der Waals surface area (Å²) in [6.45, 7) is 4.56. The number of carbonyl (C=O) groups excluding carboxylic acids is 1. The predicted molar refractivity (Wildman–Crippen MR) is 104 cm³/mol. The van der Waals surface area contributed by atoms with Crippen molar-refractivity contribution in [2.24, 2.45) is 7.05 Å². The molecule has 0 spiro atoms. The van der Waals surface area contributed by atoms with E-state index in [0.29, 0.717) is 18.3 Å². The quantitative estimate of drug-likeness (QED) is 0.826. The fraction of sp³-hybridized carbons (Fsp3) is 0.850. The second kappa shape index (κ2) is 8.47. The van der Waals surface area contributed by atoms with E-state index >= 15 is 0 Å². The zero-order valence-corrected chi connectivity index (χ0v) is 17.0. The van der Waals surface area contributed by atoms with E-state index in [2.05, 4.69) is 20.0 Å². The van der Waals surface area contributed by atoms with E-state index in [-0.39, 0.29) is 18.1 Å². The maximum absolute atomic E-state index is 13.9. The van der Waals surface area contributed by atoms with Crippen LogP contribution in [0.3, 0.4) is 0 Å². The third kappa shape index (κ3) is 3.57. The third-order valence-electron chi connectivity index (χ3n) is 6.91. The van der Waals surface area contributed by atoms with Crippen LogP contribution in [0.25, 0.3) is 0 Å². The van der Waals surface area contributed by atoms with Crippen LogP contribution < -0.4 is 0 Å². The fourth-order valence-electron chi connectivity index (χ4n) is 5.33. The molecule has 1 N–H and O–H groups in total. The van der Waals surface area contributed by atoms with Crippen LogP contribution in [0.2, 0.25) is 0 Å². The highest BCUT2D eigenvalue weighted by Crippen LogP contribution is 2.37. The Bertz CT molecular complexity index is 679. The van der Waals surface area contributed by atoms with E-state index in [9.17, 15) is 9.90 Å². The number of ether oxygens (including phenoxy) is 1. The summed E-state index contributed by atoms with van der Waals surface area (Å²) in [4.78, 5) is 18.4. The van der Waals surface area contributed by atoms with Crippen LogP contribution in [0.4, 0.5) is 0 Å². The first kappa shape index (κ1) is 19.8. The first-order chi connectivity index (χ1) is 13.7. The van der Waals surface area contributed by atoms with E-state index in [1.54, 1.807) is 0 Å². The summed E-state index contributed by atoms with van der Waals surface area (Å²) in [6, 6.07) is 0. The molecule has 2 aliphatic heterocycles. The lowest BCUT2D eigenvalue weighted by Crippen LogP contribution is -2.63. The molecule has 1 amide bonds. The molecule has 1 aromatic heterocycles. The number of morpholine rings is 1. The van der Waals surface area contributed by atoms with Crippen LogP contribution in [0.1, 0.15) is 62.5 Å². The molecule has 1 atom stereocenters. The van der Waals surface area contributed by atoms with Gasteiger partial charge in [0.25, 0.3) is 0 Å². The zero-order valence-electron chi connectivity index (χ0n) is 17.0. The molecule has 0 radical (unpaired) electrons. The van der Waals surface area contributed by atoms with Crippen molar-refractivity contribution in [3.8, 4) is 0 Å². The molecule has 3 aliphatic rings. The second-order valence-corrected chi connectivity index (χ2v) is 8.47. The molecular formula is C20H33N5O3. The van der Waals surface area contributed by atoms with Crippen LogP contribution in [0.15, 0.2) is 0 Å². The average Bonchev–Trinajstić information content (AvgIpc) is 3.15. The van der Waals surface area contributed by atoms with Crippen molar-refractivity contribution in [2.75, 3.05) is 39.4 Å².